The Morgan fingerprint density at radius 2 is 2.33 bits per heavy atom. The van der Waals surface area contributed by atoms with Crippen LogP contribution in [0.5, 0.6) is 0 Å². The molecule has 0 bridgehead atoms. The first-order valence-corrected chi connectivity index (χ1v) is 6.04. The third-order valence-electron chi connectivity index (χ3n) is 2.51. The van der Waals surface area contributed by atoms with E-state index in [2.05, 4.69) is 21.2 Å². The van der Waals surface area contributed by atoms with E-state index >= 15 is 0 Å². The second kappa shape index (κ2) is 4.39. The van der Waals surface area contributed by atoms with Crippen molar-refractivity contribution >= 4 is 21.8 Å². The highest BCUT2D eigenvalue weighted by atomic mass is 79.9. The number of carbonyl (C=O) groups excluding carboxylic acids is 1. The van der Waals surface area contributed by atoms with E-state index in [-0.39, 0.29) is 16.7 Å². The highest BCUT2D eigenvalue weighted by Crippen LogP contribution is 2.30. The van der Waals surface area contributed by atoms with Crippen molar-refractivity contribution in [2.75, 3.05) is 7.05 Å². The standard InChI is InChI=1S/C11H14BrNO2/c1-13-11(14)9-6-8(4-5-10(9)12)15-7-2-3-7/h4-7,9-10H,2-3H2,1H3,(H,13,14). The van der Waals surface area contributed by atoms with Gasteiger partial charge in [0.05, 0.1) is 12.0 Å². The molecule has 0 radical (unpaired) electrons. The van der Waals surface area contributed by atoms with Crippen molar-refractivity contribution in [3.8, 4) is 0 Å². The Kier molecular flexibility index (Phi) is 3.14. The molecule has 0 heterocycles. The predicted molar refractivity (Wildman–Crippen MR) is 61.6 cm³/mol. The first kappa shape index (κ1) is 10.7. The Bertz CT molecular complexity index is 321. The van der Waals surface area contributed by atoms with Gasteiger partial charge in [-0.1, -0.05) is 22.0 Å². The largest absolute Gasteiger partial charge is 0.491 e. The van der Waals surface area contributed by atoms with E-state index in [9.17, 15) is 4.79 Å². The summed E-state index contributed by atoms with van der Waals surface area (Å²) in [4.78, 5) is 11.6. The molecular formula is C11H14BrNO2. The van der Waals surface area contributed by atoms with Crippen LogP contribution in [0.1, 0.15) is 12.8 Å². The van der Waals surface area contributed by atoms with E-state index in [4.69, 9.17) is 4.74 Å². The van der Waals surface area contributed by atoms with Crippen LogP contribution in [0.4, 0.5) is 0 Å². The molecular weight excluding hydrogens is 258 g/mol. The lowest BCUT2D eigenvalue weighted by molar-refractivity contribution is -0.122. The second-order valence-corrected chi connectivity index (χ2v) is 4.89. The van der Waals surface area contributed by atoms with Crippen molar-refractivity contribution in [2.45, 2.75) is 23.8 Å². The Balaban J connectivity index is 2.05. The van der Waals surface area contributed by atoms with Gasteiger partial charge in [-0.05, 0) is 25.0 Å². The summed E-state index contributed by atoms with van der Waals surface area (Å²) in [6, 6.07) is 0. The first-order valence-electron chi connectivity index (χ1n) is 5.13. The van der Waals surface area contributed by atoms with Gasteiger partial charge in [-0.15, -0.1) is 0 Å². The Hall–Kier alpha value is -0.770. The van der Waals surface area contributed by atoms with Gasteiger partial charge in [-0.3, -0.25) is 4.79 Å². The van der Waals surface area contributed by atoms with Crippen molar-refractivity contribution in [2.24, 2.45) is 5.92 Å². The SMILES string of the molecule is CNC(=O)C1C=C(OC2CC2)C=CC1Br. The molecule has 1 amide bonds. The number of amides is 1. The van der Waals surface area contributed by atoms with Crippen LogP contribution in [0.15, 0.2) is 24.0 Å². The fourth-order valence-corrected chi connectivity index (χ4v) is 2.02. The molecule has 2 atom stereocenters. The molecule has 1 fully saturated rings. The average molecular weight is 272 g/mol. The quantitative estimate of drug-likeness (QED) is 0.795. The molecule has 0 aliphatic heterocycles. The smallest absolute Gasteiger partial charge is 0.228 e. The lowest BCUT2D eigenvalue weighted by Gasteiger charge is -2.20. The minimum absolute atomic E-state index is 0.0121. The predicted octanol–water partition coefficient (Wildman–Crippen LogP) is 1.74. The molecule has 4 heteroatoms. The summed E-state index contributed by atoms with van der Waals surface area (Å²) in [7, 11) is 1.65. The number of halogens is 1. The van der Waals surface area contributed by atoms with E-state index in [1.165, 1.54) is 0 Å². The summed E-state index contributed by atoms with van der Waals surface area (Å²) in [6.45, 7) is 0. The molecule has 0 aromatic heterocycles. The second-order valence-electron chi connectivity index (χ2n) is 3.83. The normalized spacial score (nSPS) is 29.6. The number of allylic oxidation sites excluding steroid dienone is 2. The van der Waals surface area contributed by atoms with E-state index in [0.29, 0.717) is 6.10 Å². The van der Waals surface area contributed by atoms with Gasteiger partial charge < -0.3 is 10.1 Å². The number of hydrogen-bond donors (Lipinski definition) is 1. The van der Waals surface area contributed by atoms with Crippen LogP contribution >= 0.6 is 15.9 Å². The van der Waals surface area contributed by atoms with Gasteiger partial charge in [0.2, 0.25) is 5.91 Å². The van der Waals surface area contributed by atoms with Gasteiger partial charge >= 0.3 is 0 Å². The Morgan fingerprint density at radius 1 is 1.60 bits per heavy atom. The molecule has 15 heavy (non-hydrogen) atoms. The average Bonchev–Trinajstić information content (AvgIpc) is 3.04. The molecule has 3 nitrogen and oxygen atoms in total. The van der Waals surface area contributed by atoms with Crippen molar-refractivity contribution in [1.29, 1.82) is 0 Å². The van der Waals surface area contributed by atoms with Crippen LogP contribution in [0.3, 0.4) is 0 Å². The van der Waals surface area contributed by atoms with E-state index in [0.717, 1.165) is 18.6 Å². The fraction of sp³-hybridized carbons (Fsp3) is 0.545. The Morgan fingerprint density at radius 3 is 2.93 bits per heavy atom. The van der Waals surface area contributed by atoms with Gasteiger partial charge in [-0.25, -0.2) is 0 Å². The van der Waals surface area contributed by atoms with Crippen LogP contribution in [0.25, 0.3) is 0 Å². The van der Waals surface area contributed by atoms with Crippen molar-refractivity contribution in [1.82, 2.24) is 5.32 Å². The molecule has 82 valence electrons. The summed E-state index contributed by atoms with van der Waals surface area (Å²) < 4.78 is 5.65. The molecule has 0 aromatic carbocycles. The number of alkyl halides is 1. The van der Waals surface area contributed by atoms with Crippen molar-refractivity contribution < 1.29 is 9.53 Å². The zero-order valence-electron chi connectivity index (χ0n) is 8.57. The highest BCUT2D eigenvalue weighted by molar-refractivity contribution is 9.09. The molecule has 2 unspecified atom stereocenters. The topological polar surface area (TPSA) is 38.3 Å². The third kappa shape index (κ3) is 2.62. The van der Waals surface area contributed by atoms with Crippen LogP contribution < -0.4 is 5.32 Å². The molecule has 2 aliphatic rings. The molecule has 0 saturated heterocycles. The van der Waals surface area contributed by atoms with Crippen molar-refractivity contribution in [3.63, 3.8) is 0 Å². The number of carbonyl (C=O) groups is 1. The molecule has 0 aromatic rings. The number of hydrogen-bond acceptors (Lipinski definition) is 2. The molecule has 0 spiro atoms. The van der Waals surface area contributed by atoms with Gasteiger partial charge in [0.25, 0.3) is 0 Å². The van der Waals surface area contributed by atoms with Gasteiger partial charge in [0.1, 0.15) is 5.76 Å². The zero-order chi connectivity index (χ0) is 10.8. The maximum atomic E-state index is 11.5. The lowest BCUT2D eigenvalue weighted by atomic mass is 9.99. The number of nitrogens with one attached hydrogen (secondary N) is 1. The molecule has 2 aliphatic carbocycles. The molecule has 2 rings (SSSR count). The monoisotopic (exact) mass is 271 g/mol. The minimum Gasteiger partial charge on any atom is -0.491 e. The van der Waals surface area contributed by atoms with E-state index in [1.807, 2.05) is 18.2 Å². The summed E-state index contributed by atoms with van der Waals surface area (Å²) in [5.74, 6) is 0.661. The summed E-state index contributed by atoms with van der Waals surface area (Å²) >= 11 is 3.46. The van der Waals surface area contributed by atoms with Crippen molar-refractivity contribution in [3.05, 3.63) is 24.0 Å². The lowest BCUT2D eigenvalue weighted by Crippen LogP contribution is -2.32. The Labute approximate surface area is 97.7 Å². The summed E-state index contributed by atoms with van der Waals surface area (Å²) in [6.07, 6.45) is 8.41. The van der Waals surface area contributed by atoms with Crippen LogP contribution in [0.2, 0.25) is 0 Å². The van der Waals surface area contributed by atoms with Crippen LogP contribution in [0, 0.1) is 5.92 Å². The summed E-state index contributed by atoms with van der Waals surface area (Å²) in [5.41, 5.74) is 0. The highest BCUT2D eigenvalue weighted by Gasteiger charge is 2.28. The maximum absolute atomic E-state index is 11.5. The van der Waals surface area contributed by atoms with Gasteiger partial charge in [0, 0.05) is 11.9 Å². The first-order chi connectivity index (χ1) is 7.20. The maximum Gasteiger partial charge on any atom is 0.228 e. The number of rotatable bonds is 3. The molecule has 1 saturated carbocycles. The zero-order valence-corrected chi connectivity index (χ0v) is 10.2. The third-order valence-corrected chi connectivity index (χ3v) is 3.38. The van der Waals surface area contributed by atoms with Gasteiger partial charge in [-0.2, -0.15) is 0 Å². The molecule has 1 N–H and O–H groups in total. The van der Waals surface area contributed by atoms with E-state index < -0.39 is 0 Å². The van der Waals surface area contributed by atoms with E-state index in [1.54, 1.807) is 7.05 Å². The number of ether oxygens (including phenoxy) is 1. The fourth-order valence-electron chi connectivity index (χ4n) is 1.47. The van der Waals surface area contributed by atoms with Gasteiger partial charge in [0.15, 0.2) is 0 Å². The summed E-state index contributed by atoms with van der Waals surface area (Å²) in [5, 5.41) is 2.65. The van der Waals surface area contributed by atoms with Crippen LogP contribution in [-0.2, 0) is 9.53 Å². The minimum atomic E-state index is -0.172. The van der Waals surface area contributed by atoms with Crippen LogP contribution in [-0.4, -0.2) is 23.9 Å².